The SMILES string of the molecule is COc1ccc(CN(CCCN2CCOCC2)C(=O)c2ccc(Cl)cc2Cl)cc1. The standard InChI is InChI=1S/C22H26Cl2N2O3/c1-28-19-6-3-17(4-7-19)16-26(10-2-9-25-11-13-29-14-12-25)22(27)20-8-5-18(23)15-21(20)24/h3-8,15H,2,9-14,16H2,1H3. The highest BCUT2D eigenvalue weighted by Crippen LogP contribution is 2.23. The predicted octanol–water partition coefficient (Wildman–Crippen LogP) is 4.37. The van der Waals surface area contributed by atoms with Crippen LogP contribution in [0.15, 0.2) is 42.5 Å². The highest BCUT2D eigenvalue weighted by atomic mass is 35.5. The van der Waals surface area contributed by atoms with Crippen LogP contribution >= 0.6 is 23.2 Å². The molecule has 1 heterocycles. The van der Waals surface area contributed by atoms with Crippen LogP contribution in [-0.2, 0) is 11.3 Å². The van der Waals surface area contributed by atoms with Gasteiger partial charge in [0.15, 0.2) is 0 Å². The van der Waals surface area contributed by atoms with E-state index in [1.54, 1.807) is 25.3 Å². The first-order valence-electron chi connectivity index (χ1n) is 9.74. The molecule has 2 aromatic carbocycles. The fourth-order valence-electron chi connectivity index (χ4n) is 3.35. The highest BCUT2D eigenvalue weighted by molar-refractivity contribution is 6.36. The van der Waals surface area contributed by atoms with E-state index in [1.807, 2.05) is 29.2 Å². The molecule has 3 rings (SSSR count). The number of carbonyl (C=O) groups is 1. The second-order valence-corrected chi connectivity index (χ2v) is 7.85. The van der Waals surface area contributed by atoms with Crippen LogP contribution in [0, 0.1) is 0 Å². The van der Waals surface area contributed by atoms with E-state index in [0.717, 1.165) is 50.6 Å². The molecule has 29 heavy (non-hydrogen) atoms. The molecule has 0 radical (unpaired) electrons. The number of ether oxygens (including phenoxy) is 2. The maximum Gasteiger partial charge on any atom is 0.255 e. The molecule has 156 valence electrons. The Morgan fingerprint density at radius 2 is 1.86 bits per heavy atom. The summed E-state index contributed by atoms with van der Waals surface area (Å²) < 4.78 is 10.6. The number of carbonyl (C=O) groups excluding carboxylic acids is 1. The van der Waals surface area contributed by atoms with Gasteiger partial charge in [0.25, 0.3) is 5.91 Å². The van der Waals surface area contributed by atoms with Crippen LogP contribution in [0.3, 0.4) is 0 Å². The summed E-state index contributed by atoms with van der Waals surface area (Å²) in [6.45, 7) is 5.50. The normalized spacial score (nSPS) is 14.6. The summed E-state index contributed by atoms with van der Waals surface area (Å²) in [5.41, 5.74) is 1.51. The second-order valence-electron chi connectivity index (χ2n) is 7.01. The van der Waals surface area contributed by atoms with E-state index in [-0.39, 0.29) is 5.91 Å². The summed E-state index contributed by atoms with van der Waals surface area (Å²) in [5.74, 6) is 0.698. The van der Waals surface area contributed by atoms with Crippen molar-refractivity contribution in [2.75, 3.05) is 46.5 Å². The third-order valence-corrected chi connectivity index (χ3v) is 5.54. The molecule has 2 aromatic rings. The van der Waals surface area contributed by atoms with Crippen LogP contribution < -0.4 is 4.74 Å². The molecule has 0 atom stereocenters. The monoisotopic (exact) mass is 436 g/mol. The van der Waals surface area contributed by atoms with Gasteiger partial charge in [0.2, 0.25) is 0 Å². The minimum absolute atomic E-state index is 0.0931. The number of hydrogen-bond donors (Lipinski definition) is 0. The van der Waals surface area contributed by atoms with Crippen LogP contribution in [0.4, 0.5) is 0 Å². The quantitative estimate of drug-likeness (QED) is 0.615. The molecule has 5 nitrogen and oxygen atoms in total. The molecule has 0 unspecified atom stereocenters. The summed E-state index contributed by atoms with van der Waals surface area (Å²) in [5, 5.41) is 0.885. The first kappa shape index (κ1) is 21.9. The Balaban J connectivity index is 1.71. The molecular formula is C22H26Cl2N2O3. The molecule has 1 fully saturated rings. The second kappa shape index (κ2) is 10.8. The van der Waals surface area contributed by atoms with Crippen LogP contribution in [0.2, 0.25) is 10.0 Å². The topological polar surface area (TPSA) is 42.0 Å². The van der Waals surface area contributed by atoms with Gasteiger partial charge in [0.05, 0.1) is 30.9 Å². The smallest absolute Gasteiger partial charge is 0.255 e. The number of halogens is 2. The van der Waals surface area contributed by atoms with Gasteiger partial charge in [0.1, 0.15) is 5.75 Å². The first-order valence-corrected chi connectivity index (χ1v) is 10.5. The zero-order chi connectivity index (χ0) is 20.6. The van der Waals surface area contributed by atoms with Crippen LogP contribution in [0.25, 0.3) is 0 Å². The van der Waals surface area contributed by atoms with Gasteiger partial charge in [-0.1, -0.05) is 35.3 Å². The van der Waals surface area contributed by atoms with E-state index in [1.165, 1.54) is 0 Å². The van der Waals surface area contributed by atoms with E-state index in [4.69, 9.17) is 32.7 Å². The Kier molecular flexibility index (Phi) is 8.19. The Morgan fingerprint density at radius 1 is 1.14 bits per heavy atom. The van der Waals surface area contributed by atoms with Gasteiger partial charge in [0, 0.05) is 37.7 Å². The molecule has 0 spiro atoms. The van der Waals surface area contributed by atoms with Crippen molar-refractivity contribution >= 4 is 29.1 Å². The lowest BCUT2D eigenvalue weighted by molar-refractivity contribution is 0.0355. The molecule has 1 amide bonds. The number of hydrogen-bond acceptors (Lipinski definition) is 4. The minimum atomic E-state index is -0.0931. The number of amides is 1. The third kappa shape index (κ3) is 6.34. The van der Waals surface area contributed by atoms with Gasteiger partial charge in [-0.05, 0) is 42.3 Å². The average molecular weight is 437 g/mol. The fraction of sp³-hybridized carbons (Fsp3) is 0.409. The molecular weight excluding hydrogens is 411 g/mol. The summed E-state index contributed by atoms with van der Waals surface area (Å²) in [7, 11) is 1.64. The Hall–Kier alpha value is -1.79. The minimum Gasteiger partial charge on any atom is -0.497 e. The van der Waals surface area contributed by atoms with Gasteiger partial charge in [-0.2, -0.15) is 0 Å². The molecule has 1 aliphatic heterocycles. The van der Waals surface area contributed by atoms with E-state index >= 15 is 0 Å². The average Bonchev–Trinajstić information content (AvgIpc) is 2.74. The van der Waals surface area contributed by atoms with Crippen molar-refractivity contribution in [1.29, 1.82) is 0 Å². The first-order chi connectivity index (χ1) is 14.1. The van der Waals surface area contributed by atoms with E-state index in [2.05, 4.69) is 4.90 Å². The van der Waals surface area contributed by atoms with Crippen molar-refractivity contribution in [3.8, 4) is 5.75 Å². The molecule has 1 saturated heterocycles. The van der Waals surface area contributed by atoms with Crippen molar-refractivity contribution in [2.45, 2.75) is 13.0 Å². The van der Waals surface area contributed by atoms with Crippen LogP contribution in [0.1, 0.15) is 22.3 Å². The lowest BCUT2D eigenvalue weighted by Crippen LogP contribution is -2.39. The molecule has 0 bridgehead atoms. The van der Waals surface area contributed by atoms with Crippen molar-refractivity contribution in [1.82, 2.24) is 9.80 Å². The number of rotatable bonds is 8. The zero-order valence-electron chi connectivity index (χ0n) is 16.6. The van der Waals surface area contributed by atoms with Crippen molar-refractivity contribution in [3.05, 3.63) is 63.6 Å². The highest BCUT2D eigenvalue weighted by Gasteiger charge is 2.20. The summed E-state index contributed by atoms with van der Waals surface area (Å²) in [4.78, 5) is 17.4. The molecule has 0 aliphatic carbocycles. The zero-order valence-corrected chi connectivity index (χ0v) is 18.1. The Morgan fingerprint density at radius 3 is 2.52 bits per heavy atom. The maximum absolute atomic E-state index is 13.2. The fourth-order valence-corrected chi connectivity index (χ4v) is 3.84. The van der Waals surface area contributed by atoms with Crippen molar-refractivity contribution < 1.29 is 14.3 Å². The predicted molar refractivity (Wildman–Crippen MR) is 116 cm³/mol. The number of morpholine rings is 1. The van der Waals surface area contributed by atoms with Crippen LogP contribution in [-0.4, -0.2) is 62.2 Å². The molecule has 7 heteroatoms. The van der Waals surface area contributed by atoms with Gasteiger partial charge in [-0.15, -0.1) is 0 Å². The van der Waals surface area contributed by atoms with Gasteiger partial charge < -0.3 is 14.4 Å². The number of benzene rings is 2. The van der Waals surface area contributed by atoms with Gasteiger partial charge >= 0.3 is 0 Å². The molecule has 0 saturated carbocycles. The van der Waals surface area contributed by atoms with Gasteiger partial charge in [-0.25, -0.2) is 0 Å². The van der Waals surface area contributed by atoms with Crippen LogP contribution in [0.5, 0.6) is 5.75 Å². The van der Waals surface area contributed by atoms with E-state index in [0.29, 0.717) is 28.7 Å². The lowest BCUT2D eigenvalue weighted by atomic mass is 10.1. The van der Waals surface area contributed by atoms with E-state index in [9.17, 15) is 4.79 Å². The third-order valence-electron chi connectivity index (χ3n) is 4.99. The van der Waals surface area contributed by atoms with E-state index < -0.39 is 0 Å². The summed E-state index contributed by atoms with van der Waals surface area (Å²) in [6.07, 6.45) is 0.882. The number of nitrogens with zero attached hydrogens (tertiary/aromatic N) is 2. The lowest BCUT2D eigenvalue weighted by Gasteiger charge is -2.28. The molecule has 1 aliphatic rings. The molecule has 0 N–H and O–H groups in total. The Labute approximate surface area is 182 Å². The van der Waals surface area contributed by atoms with Crippen molar-refractivity contribution in [2.24, 2.45) is 0 Å². The Bertz CT molecular complexity index is 808. The number of methoxy groups -OCH3 is 1. The summed E-state index contributed by atoms with van der Waals surface area (Å²) >= 11 is 12.3. The largest absolute Gasteiger partial charge is 0.497 e. The summed E-state index contributed by atoms with van der Waals surface area (Å²) in [6, 6.07) is 12.8. The molecule has 0 aromatic heterocycles. The van der Waals surface area contributed by atoms with Gasteiger partial charge in [-0.3, -0.25) is 9.69 Å². The maximum atomic E-state index is 13.2. The van der Waals surface area contributed by atoms with Crippen molar-refractivity contribution in [3.63, 3.8) is 0 Å².